The highest BCUT2D eigenvalue weighted by Gasteiger charge is 2.28. The number of carbonyl (C=O) groups excluding carboxylic acids is 2. The number of ether oxygens (including phenoxy) is 1. The maximum absolute atomic E-state index is 13.0. The SMILES string of the molecule is O=C(OCc1ccccc1Cl)C1CCN(C(=O)c2ccc(F)cc2)CC1. The lowest BCUT2D eigenvalue weighted by atomic mass is 9.96. The zero-order chi connectivity index (χ0) is 18.5. The molecule has 0 unspecified atom stereocenters. The Labute approximate surface area is 156 Å². The van der Waals surface area contributed by atoms with Gasteiger partial charge in [-0.1, -0.05) is 29.8 Å². The van der Waals surface area contributed by atoms with Gasteiger partial charge in [0.25, 0.3) is 5.91 Å². The fourth-order valence-electron chi connectivity index (χ4n) is 2.98. The van der Waals surface area contributed by atoms with Crippen molar-refractivity contribution in [1.29, 1.82) is 0 Å². The molecule has 0 spiro atoms. The molecule has 1 aliphatic rings. The van der Waals surface area contributed by atoms with Crippen LogP contribution in [0.25, 0.3) is 0 Å². The van der Waals surface area contributed by atoms with Gasteiger partial charge in [0.1, 0.15) is 12.4 Å². The minimum absolute atomic E-state index is 0.145. The molecule has 6 heteroatoms. The van der Waals surface area contributed by atoms with E-state index in [2.05, 4.69) is 0 Å². The summed E-state index contributed by atoms with van der Waals surface area (Å²) in [6, 6.07) is 12.7. The van der Waals surface area contributed by atoms with Crippen LogP contribution in [0.1, 0.15) is 28.8 Å². The minimum atomic E-state index is -0.374. The minimum Gasteiger partial charge on any atom is -0.461 e. The van der Waals surface area contributed by atoms with E-state index in [0.29, 0.717) is 36.5 Å². The van der Waals surface area contributed by atoms with Crippen LogP contribution in [-0.4, -0.2) is 29.9 Å². The highest BCUT2D eigenvalue weighted by atomic mass is 35.5. The Balaban J connectivity index is 1.50. The maximum atomic E-state index is 13.0. The van der Waals surface area contributed by atoms with Crippen molar-refractivity contribution in [2.24, 2.45) is 5.92 Å². The number of hydrogen-bond acceptors (Lipinski definition) is 3. The van der Waals surface area contributed by atoms with Gasteiger partial charge in [0, 0.05) is 29.2 Å². The second kappa shape index (κ2) is 8.32. The number of esters is 1. The standard InChI is InChI=1S/C20H19ClFNO3/c21-18-4-2-1-3-16(18)13-26-20(25)15-9-11-23(12-10-15)19(24)14-5-7-17(22)8-6-14/h1-8,15H,9-13H2. The summed E-state index contributed by atoms with van der Waals surface area (Å²) >= 11 is 6.06. The fraction of sp³-hybridized carbons (Fsp3) is 0.300. The van der Waals surface area contributed by atoms with Crippen molar-refractivity contribution in [3.05, 3.63) is 70.5 Å². The molecule has 1 heterocycles. The van der Waals surface area contributed by atoms with Crippen LogP contribution in [0.3, 0.4) is 0 Å². The van der Waals surface area contributed by atoms with Crippen LogP contribution in [-0.2, 0) is 16.1 Å². The van der Waals surface area contributed by atoms with Gasteiger partial charge in [0.2, 0.25) is 0 Å². The summed E-state index contributed by atoms with van der Waals surface area (Å²) in [7, 11) is 0. The van der Waals surface area contributed by atoms with Gasteiger partial charge in [-0.25, -0.2) is 4.39 Å². The summed E-state index contributed by atoms with van der Waals surface area (Å²) in [5, 5.41) is 0.569. The molecule has 0 bridgehead atoms. The molecule has 2 aromatic rings. The van der Waals surface area contributed by atoms with Gasteiger partial charge in [-0.05, 0) is 43.2 Å². The normalized spacial score (nSPS) is 14.9. The number of piperidine rings is 1. The Bertz CT molecular complexity index is 786. The van der Waals surface area contributed by atoms with Gasteiger partial charge in [-0.15, -0.1) is 0 Å². The molecule has 0 atom stereocenters. The third-order valence-electron chi connectivity index (χ3n) is 4.53. The summed E-state index contributed by atoms with van der Waals surface area (Å²) in [6.45, 7) is 1.09. The van der Waals surface area contributed by atoms with E-state index >= 15 is 0 Å². The average molecular weight is 376 g/mol. The molecule has 0 aromatic heterocycles. The molecule has 2 aromatic carbocycles. The number of halogens is 2. The third-order valence-corrected chi connectivity index (χ3v) is 4.90. The lowest BCUT2D eigenvalue weighted by Gasteiger charge is -2.31. The van der Waals surface area contributed by atoms with Crippen molar-refractivity contribution in [3.8, 4) is 0 Å². The topological polar surface area (TPSA) is 46.6 Å². The molecule has 136 valence electrons. The first-order chi connectivity index (χ1) is 12.5. The maximum Gasteiger partial charge on any atom is 0.309 e. The molecule has 1 amide bonds. The lowest BCUT2D eigenvalue weighted by Crippen LogP contribution is -2.40. The zero-order valence-corrected chi connectivity index (χ0v) is 14.9. The molecule has 4 nitrogen and oxygen atoms in total. The second-order valence-electron chi connectivity index (χ2n) is 6.27. The number of nitrogens with zero attached hydrogens (tertiary/aromatic N) is 1. The molecule has 26 heavy (non-hydrogen) atoms. The van der Waals surface area contributed by atoms with Crippen LogP contribution in [0, 0.1) is 11.7 Å². The van der Waals surface area contributed by atoms with Gasteiger partial charge >= 0.3 is 5.97 Å². The van der Waals surface area contributed by atoms with E-state index in [9.17, 15) is 14.0 Å². The van der Waals surface area contributed by atoms with Crippen molar-refractivity contribution < 1.29 is 18.7 Å². The van der Waals surface area contributed by atoms with Gasteiger partial charge in [0.05, 0.1) is 5.92 Å². The molecule has 1 saturated heterocycles. The smallest absolute Gasteiger partial charge is 0.309 e. The van der Waals surface area contributed by atoms with Crippen molar-refractivity contribution in [2.75, 3.05) is 13.1 Å². The molecule has 0 radical (unpaired) electrons. The Morgan fingerprint density at radius 1 is 1.08 bits per heavy atom. The lowest BCUT2D eigenvalue weighted by molar-refractivity contribution is -0.151. The summed E-state index contributed by atoms with van der Waals surface area (Å²) in [5.41, 5.74) is 1.22. The van der Waals surface area contributed by atoms with E-state index in [1.807, 2.05) is 18.2 Å². The monoisotopic (exact) mass is 375 g/mol. The molecule has 1 fully saturated rings. The highest BCUT2D eigenvalue weighted by Crippen LogP contribution is 2.22. The van der Waals surface area contributed by atoms with Crippen LogP contribution < -0.4 is 0 Å². The summed E-state index contributed by atoms with van der Waals surface area (Å²) in [6.07, 6.45) is 1.10. The van der Waals surface area contributed by atoms with Crippen LogP contribution in [0.15, 0.2) is 48.5 Å². The first kappa shape index (κ1) is 18.4. The van der Waals surface area contributed by atoms with E-state index in [1.54, 1.807) is 11.0 Å². The Kier molecular flexibility index (Phi) is 5.89. The number of likely N-dealkylation sites (tertiary alicyclic amines) is 1. The largest absolute Gasteiger partial charge is 0.461 e. The Morgan fingerprint density at radius 3 is 2.38 bits per heavy atom. The predicted molar refractivity (Wildman–Crippen MR) is 96.3 cm³/mol. The van der Waals surface area contributed by atoms with E-state index in [0.717, 1.165) is 5.56 Å². The first-order valence-corrected chi connectivity index (χ1v) is 8.87. The van der Waals surface area contributed by atoms with E-state index in [4.69, 9.17) is 16.3 Å². The summed E-state index contributed by atoms with van der Waals surface area (Å²) in [4.78, 5) is 26.4. The number of rotatable bonds is 4. The van der Waals surface area contributed by atoms with Crippen molar-refractivity contribution >= 4 is 23.5 Å². The van der Waals surface area contributed by atoms with Gasteiger partial charge < -0.3 is 9.64 Å². The number of carbonyl (C=O) groups is 2. The molecule has 1 aliphatic heterocycles. The average Bonchev–Trinajstić information content (AvgIpc) is 2.67. The predicted octanol–water partition coefficient (Wildman–Crippen LogP) is 4.07. The van der Waals surface area contributed by atoms with E-state index < -0.39 is 0 Å². The van der Waals surface area contributed by atoms with E-state index in [-0.39, 0.29) is 30.2 Å². The molecule has 0 N–H and O–H groups in total. The molecular formula is C20H19ClFNO3. The number of amides is 1. The fourth-order valence-corrected chi connectivity index (χ4v) is 3.17. The Hall–Kier alpha value is -2.40. The van der Waals surface area contributed by atoms with Crippen LogP contribution in [0.5, 0.6) is 0 Å². The van der Waals surface area contributed by atoms with Crippen molar-refractivity contribution in [1.82, 2.24) is 4.90 Å². The molecule has 3 rings (SSSR count). The van der Waals surface area contributed by atoms with Crippen LogP contribution in [0.4, 0.5) is 4.39 Å². The van der Waals surface area contributed by atoms with Gasteiger partial charge in [0.15, 0.2) is 0 Å². The van der Waals surface area contributed by atoms with Gasteiger partial charge in [-0.2, -0.15) is 0 Å². The molecular weight excluding hydrogens is 357 g/mol. The second-order valence-corrected chi connectivity index (χ2v) is 6.68. The first-order valence-electron chi connectivity index (χ1n) is 8.49. The third kappa shape index (κ3) is 4.41. The number of hydrogen-bond donors (Lipinski definition) is 0. The summed E-state index contributed by atoms with van der Waals surface area (Å²) in [5.74, 6) is -1.01. The highest BCUT2D eigenvalue weighted by molar-refractivity contribution is 6.31. The quantitative estimate of drug-likeness (QED) is 0.756. The van der Waals surface area contributed by atoms with Gasteiger partial charge in [-0.3, -0.25) is 9.59 Å². The van der Waals surface area contributed by atoms with Crippen LogP contribution in [0.2, 0.25) is 5.02 Å². The molecule has 0 aliphatic carbocycles. The van der Waals surface area contributed by atoms with Crippen LogP contribution >= 0.6 is 11.6 Å². The van der Waals surface area contributed by atoms with E-state index in [1.165, 1.54) is 24.3 Å². The zero-order valence-electron chi connectivity index (χ0n) is 14.2. The van der Waals surface area contributed by atoms with Crippen molar-refractivity contribution in [3.63, 3.8) is 0 Å². The number of benzene rings is 2. The summed E-state index contributed by atoms with van der Waals surface area (Å²) < 4.78 is 18.3. The Morgan fingerprint density at radius 2 is 1.73 bits per heavy atom. The van der Waals surface area contributed by atoms with Crippen molar-refractivity contribution in [2.45, 2.75) is 19.4 Å². The molecule has 0 saturated carbocycles.